The summed E-state index contributed by atoms with van der Waals surface area (Å²) in [4.78, 5) is 22.2. The fraction of sp³-hybridized carbons (Fsp3) is 0.227. The van der Waals surface area contributed by atoms with Gasteiger partial charge in [0.15, 0.2) is 0 Å². The van der Waals surface area contributed by atoms with Crippen LogP contribution < -0.4 is 10.1 Å². The molecule has 1 N–H and O–H groups in total. The summed E-state index contributed by atoms with van der Waals surface area (Å²) in [7, 11) is 1.63. The minimum absolute atomic E-state index is 0.0639. The molecular formula is C22H21FN4O2. The van der Waals surface area contributed by atoms with Gasteiger partial charge in [-0.15, -0.1) is 0 Å². The van der Waals surface area contributed by atoms with Crippen LogP contribution in [0.2, 0.25) is 0 Å². The second kappa shape index (κ2) is 7.87. The Morgan fingerprint density at radius 2 is 2.07 bits per heavy atom. The number of hydrogen-bond donors (Lipinski definition) is 1. The van der Waals surface area contributed by atoms with Crippen LogP contribution in [0.1, 0.15) is 17.0 Å². The van der Waals surface area contributed by atoms with Crippen molar-refractivity contribution in [2.45, 2.75) is 12.5 Å². The zero-order valence-corrected chi connectivity index (χ0v) is 16.1. The fourth-order valence-electron chi connectivity index (χ4n) is 3.51. The summed E-state index contributed by atoms with van der Waals surface area (Å²) < 4.78 is 18.7. The lowest BCUT2D eigenvalue weighted by molar-refractivity contribution is -0.130. The Hall–Kier alpha value is -3.48. The Kier molecular flexibility index (Phi) is 5.12. The molecule has 148 valence electrons. The summed E-state index contributed by atoms with van der Waals surface area (Å²) in [6, 6.07) is 10.3. The van der Waals surface area contributed by atoms with Crippen molar-refractivity contribution in [2.75, 3.05) is 25.5 Å². The molecule has 1 fully saturated rings. The largest absolute Gasteiger partial charge is 0.496 e. The number of nitrogens with one attached hydrogen (secondary N) is 1. The lowest BCUT2D eigenvalue weighted by Gasteiger charge is -2.39. The first-order chi connectivity index (χ1) is 14.1. The van der Waals surface area contributed by atoms with Crippen LogP contribution in [0.15, 0.2) is 55.4 Å². The summed E-state index contributed by atoms with van der Waals surface area (Å²) in [6.07, 6.45) is 2.83. The number of likely N-dealkylation sites (tertiary alicyclic amines) is 1. The monoisotopic (exact) mass is 392 g/mol. The molecule has 6 nitrogen and oxygen atoms in total. The number of halogens is 1. The molecule has 0 bridgehead atoms. The SMILES string of the molecule is C=CC(=O)N1CC(c2cc3c(NCc4ccc(F)cc4)ncnc3cc2OC)C1. The van der Waals surface area contributed by atoms with Crippen LogP contribution in [0.3, 0.4) is 0 Å². The van der Waals surface area contributed by atoms with Crippen LogP contribution in [0.25, 0.3) is 10.9 Å². The van der Waals surface area contributed by atoms with Gasteiger partial charge >= 0.3 is 0 Å². The molecule has 3 aromatic rings. The molecule has 0 saturated carbocycles. The maximum atomic E-state index is 13.1. The Balaban J connectivity index is 1.61. The van der Waals surface area contributed by atoms with E-state index in [-0.39, 0.29) is 17.6 Å². The first-order valence-corrected chi connectivity index (χ1v) is 9.31. The molecule has 0 unspecified atom stereocenters. The first kappa shape index (κ1) is 18.9. The van der Waals surface area contributed by atoms with E-state index in [2.05, 4.69) is 21.9 Å². The molecule has 1 aliphatic heterocycles. The molecule has 1 aliphatic rings. The van der Waals surface area contributed by atoms with Crippen molar-refractivity contribution in [3.05, 3.63) is 72.3 Å². The number of anilines is 1. The van der Waals surface area contributed by atoms with Crippen molar-refractivity contribution in [3.8, 4) is 5.75 Å². The summed E-state index contributed by atoms with van der Waals surface area (Å²) in [5.41, 5.74) is 2.73. The number of aromatic nitrogens is 2. The smallest absolute Gasteiger partial charge is 0.245 e. The second-order valence-electron chi connectivity index (χ2n) is 6.96. The lowest BCUT2D eigenvalue weighted by Crippen LogP contribution is -2.47. The van der Waals surface area contributed by atoms with Crippen molar-refractivity contribution in [3.63, 3.8) is 0 Å². The van der Waals surface area contributed by atoms with Gasteiger partial charge in [0.2, 0.25) is 5.91 Å². The van der Waals surface area contributed by atoms with E-state index in [0.29, 0.717) is 25.5 Å². The summed E-state index contributed by atoms with van der Waals surface area (Å²) >= 11 is 0. The van der Waals surface area contributed by atoms with E-state index in [9.17, 15) is 9.18 Å². The molecule has 0 atom stereocenters. The van der Waals surface area contributed by atoms with Crippen LogP contribution in [-0.4, -0.2) is 41.0 Å². The van der Waals surface area contributed by atoms with Gasteiger partial charge in [-0.1, -0.05) is 18.7 Å². The number of methoxy groups -OCH3 is 1. The highest BCUT2D eigenvalue weighted by Gasteiger charge is 2.32. The maximum absolute atomic E-state index is 13.1. The Morgan fingerprint density at radius 1 is 1.31 bits per heavy atom. The summed E-state index contributed by atoms with van der Waals surface area (Å²) in [5.74, 6) is 1.30. The number of hydrogen-bond acceptors (Lipinski definition) is 5. The van der Waals surface area contributed by atoms with Crippen molar-refractivity contribution in [1.29, 1.82) is 0 Å². The molecule has 2 aromatic carbocycles. The maximum Gasteiger partial charge on any atom is 0.245 e. The highest BCUT2D eigenvalue weighted by Crippen LogP contribution is 2.37. The van der Waals surface area contributed by atoms with Crippen molar-refractivity contribution in [1.82, 2.24) is 14.9 Å². The molecule has 0 radical (unpaired) electrons. The lowest BCUT2D eigenvalue weighted by atomic mass is 9.89. The standard InChI is InChI=1S/C22H21FN4O2/c1-3-21(28)27-11-15(12-27)17-8-18-19(9-20(17)29-2)25-13-26-22(18)24-10-14-4-6-16(23)7-5-14/h3-9,13,15H,1,10-12H2,2H3,(H,24,25,26). The quantitative estimate of drug-likeness (QED) is 0.651. The number of ether oxygens (including phenoxy) is 1. The van der Waals surface area contributed by atoms with Gasteiger partial charge < -0.3 is 15.0 Å². The van der Waals surface area contributed by atoms with E-state index in [1.165, 1.54) is 24.5 Å². The normalized spacial score (nSPS) is 13.8. The number of carbonyl (C=O) groups is 1. The van der Waals surface area contributed by atoms with Crippen LogP contribution in [0.5, 0.6) is 5.75 Å². The van der Waals surface area contributed by atoms with Gasteiger partial charge in [-0.2, -0.15) is 0 Å². The minimum Gasteiger partial charge on any atom is -0.496 e. The molecule has 29 heavy (non-hydrogen) atoms. The Morgan fingerprint density at radius 3 is 2.76 bits per heavy atom. The molecule has 4 rings (SSSR count). The summed E-state index contributed by atoms with van der Waals surface area (Å²) in [5, 5.41) is 4.18. The number of benzene rings is 2. The van der Waals surface area contributed by atoms with E-state index in [4.69, 9.17) is 4.74 Å². The Bertz CT molecular complexity index is 1060. The van der Waals surface area contributed by atoms with E-state index >= 15 is 0 Å². The number of amides is 1. The van der Waals surface area contributed by atoms with Gasteiger partial charge in [-0.25, -0.2) is 14.4 Å². The van der Waals surface area contributed by atoms with Gasteiger partial charge in [0.25, 0.3) is 0 Å². The van der Waals surface area contributed by atoms with Gasteiger partial charge in [0.05, 0.1) is 12.6 Å². The number of carbonyl (C=O) groups excluding carboxylic acids is 1. The second-order valence-corrected chi connectivity index (χ2v) is 6.96. The molecule has 1 amide bonds. The van der Waals surface area contributed by atoms with E-state index < -0.39 is 0 Å². The summed E-state index contributed by atoms with van der Waals surface area (Å²) in [6.45, 7) is 5.30. The first-order valence-electron chi connectivity index (χ1n) is 9.31. The van der Waals surface area contributed by atoms with E-state index in [0.717, 1.165) is 27.8 Å². The predicted octanol–water partition coefficient (Wildman–Crippen LogP) is 3.50. The molecule has 1 aromatic heterocycles. The van der Waals surface area contributed by atoms with Crippen molar-refractivity contribution >= 4 is 22.6 Å². The molecule has 2 heterocycles. The average Bonchev–Trinajstić information content (AvgIpc) is 2.71. The highest BCUT2D eigenvalue weighted by molar-refractivity contribution is 5.91. The van der Waals surface area contributed by atoms with Crippen LogP contribution in [0, 0.1) is 5.82 Å². The van der Waals surface area contributed by atoms with Gasteiger partial charge in [0.1, 0.15) is 23.7 Å². The molecule has 7 heteroatoms. The minimum atomic E-state index is -0.262. The Labute approximate surface area is 168 Å². The molecule has 0 aliphatic carbocycles. The molecule has 1 saturated heterocycles. The van der Waals surface area contributed by atoms with E-state index in [1.807, 2.05) is 12.1 Å². The van der Waals surface area contributed by atoms with Gasteiger partial charge in [-0.05, 0) is 29.8 Å². The zero-order chi connectivity index (χ0) is 20.4. The van der Waals surface area contributed by atoms with Crippen LogP contribution in [-0.2, 0) is 11.3 Å². The average molecular weight is 392 g/mol. The predicted molar refractivity (Wildman–Crippen MR) is 109 cm³/mol. The van der Waals surface area contributed by atoms with Crippen molar-refractivity contribution < 1.29 is 13.9 Å². The number of rotatable bonds is 6. The number of nitrogens with zero attached hydrogens (tertiary/aromatic N) is 3. The topological polar surface area (TPSA) is 67.4 Å². The van der Waals surface area contributed by atoms with Gasteiger partial charge in [-0.3, -0.25) is 4.79 Å². The zero-order valence-electron chi connectivity index (χ0n) is 16.1. The van der Waals surface area contributed by atoms with Crippen LogP contribution >= 0.6 is 0 Å². The number of fused-ring (bicyclic) bond motifs is 1. The van der Waals surface area contributed by atoms with Crippen LogP contribution in [0.4, 0.5) is 10.2 Å². The van der Waals surface area contributed by atoms with Gasteiger partial charge in [0, 0.05) is 42.6 Å². The third-order valence-electron chi connectivity index (χ3n) is 5.17. The third-order valence-corrected chi connectivity index (χ3v) is 5.17. The molecular weight excluding hydrogens is 371 g/mol. The van der Waals surface area contributed by atoms with E-state index in [1.54, 1.807) is 24.1 Å². The molecule has 0 spiro atoms. The third kappa shape index (κ3) is 3.76. The fourth-order valence-corrected chi connectivity index (χ4v) is 3.51. The highest BCUT2D eigenvalue weighted by atomic mass is 19.1. The van der Waals surface area contributed by atoms with Crippen molar-refractivity contribution in [2.24, 2.45) is 0 Å².